The molecule has 1 N–H and O–H groups in total. The Morgan fingerprint density at radius 3 is 3.00 bits per heavy atom. The fourth-order valence-corrected chi connectivity index (χ4v) is 2.42. The van der Waals surface area contributed by atoms with Gasteiger partial charge in [-0.2, -0.15) is 10.4 Å². The van der Waals surface area contributed by atoms with Gasteiger partial charge in [-0.05, 0) is 30.7 Å². The van der Waals surface area contributed by atoms with Crippen LogP contribution in [-0.2, 0) is 13.1 Å². The summed E-state index contributed by atoms with van der Waals surface area (Å²) < 4.78 is 16.0. The van der Waals surface area contributed by atoms with Crippen molar-refractivity contribution in [3.8, 4) is 17.3 Å². The summed E-state index contributed by atoms with van der Waals surface area (Å²) in [6.07, 6.45) is 0. The normalized spacial score (nSPS) is 13.9. The lowest BCUT2D eigenvalue weighted by molar-refractivity contribution is 0.475. The predicted molar refractivity (Wildman–Crippen MR) is 68.8 cm³/mol. The number of hydrogen-bond acceptors (Lipinski definition) is 3. The highest BCUT2D eigenvalue weighted by molar-refractivity contribution is 5.65. The minimum Gasteiger partial charge on any atom is -0.309 e. The van der Waals surface area contributed by atoms with Gasteiger partial charge in [-0.3, -0.25) is 4.68 Å². The first kappa shape index (κ1) is 11.9. The highest BCUT2D eigenvalue weighted by Gasteiger charge is 2.20. The molecule has 1 aliphatic rings. The first-order valence-electron chi connectivity index (χ1n) is 6.17. The van der Waals surface area contributed by atoms with Crippen LogP contribution >= 0.6 is 0 Å². The summed E-state index contributed by atoms with van der Waals surface area (Å²) in [5.41, 5.74) is 3.55. The molecule has 0 aliphatic carbocycles. The first-order valence-corrected chi connectivity index (χ1v) is 6.17. The van der Waals surface area contributed by atoms with Crippen LogP contribution in [0, 0.1) is 24.1 Å². The van der Waals surface area contributed by atoms with Crippen LogP contribution in [0.5, 0.6) is 0 Å². The minimum atomic E-state index is -0.398. The highest BCUT2D eigenvalue weighted by atomic mass is 19.1. The Kier molecular flexibility index (Phi) is 2.80. The van der Waals surface area contributed by atoms with Crippen LogP contribution in [0.25, 0.3) is 11.3 Å². The van der Waals surface area contributed by atoms with Gasteiger partial charge in [0, 0.05) is 18.7 Å². The molecule has 0 fully saturated rings. The van der Waals surface area contributed by atoms with Crippen LogP contribution in [0.1, 0.15) is 16.8 Å². The van der Waals surface area contributed by atoms with Gasteiger partial charge in [0.1, 0.15) is 5.82 Å². The number of halogens is 1. The van der Waals surface area contributed by atoms with Gasteiger partial charge in [0.25, 0.3) is 0 Å². The molecular formula is C14H13FN4. The standard InChI is InChI=1S/C14H13FN4/c1-9-13-8-17-4-5-19(13)18-14(9)11-3-2-10(7-16)6-12(11)15/h2-3,6,17H,4-5,8H2,1H3. The zero-order valence-electron chi connectivity index (χ0n) is 10.6. The van der Waals surface area contributed by atoms with E-state index in [4.69, 9.17) is 5.26 Å². The highest BCUT2D eigenvalue weighted by Crippen LogP contribution is 2.28. The van der Waals surface area contributed by atoms with Crippen LogP contribution in [0.15, 0.2) is 18.2 Å². The van der Waals surface area contributed by atoms with E-state index in [0.717, 1.165) is 30.9 Å². The number of hydrogen-bond donors (Lipinski definition) is 1. The van der Waals surface area contributed by atoms with E-state index < -0.39 is 5.82 Å². The second kappa shape index (κ2) is 4.48. The fourth-order valence-electron chi connectivity index (χ4n) is 2.42. The molecule has 0 saturated carbocycles. The van der Waals surface area contributed by atoms with Crippen LogP contribution in [0.2, 0.25) is 0 Å². The molecule has 2 aromatic rings. The quantitative estimate of drug-likeness (QED) is 0.848. The molecule has 0 spiro atoms. The minimum absolute atomic E-state index is 0.324. The Balaban J connectivity index is 2.12. The van der Waals surface area contributed by atoms with Crippen molar-refractivity contribution >= 4 is 0 Å². The smallest absolute Gasteiger partial charge is 0.133 e. The summed E-state index contributed by atoms with van der Waals surface area (Å²) >= 11 is 0. The molecule has 5 heteroatoms. The summed E-state index contributed by atoms with van der Waals surface area (Å²) in [5, 5.41) is 16.5. The topological polar surface area (TPSA) is 53.6 Å². The summed E-state index contributed by atoms with van der Waals surface area (Å²) in [4.78, 5) is 0. The lowest BCUT2D eigenvalue weighted by atomic mass is 10.0. The van der Waals surface area contributed by atoms with Crippen LogP contribution in [0.3, 0.4) is 0 Å². The molecule has 1 aromatic carbocycles. The van der Waals surface area contributed by atoms with E-state index in [2.05, 4.69) is 10.4 Å². The van der Waals surface area contributed by atoms with Crippen molar-refractivity contribution in [2.75, 3.05) is 6.54 Å². The SMILES string of the molecule is Cc1c(-c2ccc(C#N)cc2F)nn2c1CNCC2. The van der Waals surface area contributed by atoms with Crippen molar-refractivity contribution in [2.45, 2.75) is 20.0 Å². The number of aromatic nitrogens is 2. The number of benzene rings is 1. The van der Waals surface area contributed by atoms with E-state index in [0.29, 0.717) is 16.8 Å². The van der Waals surface area contributed by atoms with Crippen LogP contribution in [0.4, 0.5) is 4.39 Å². The van der Waals surface area contributed by atoms with E-state index in [1.165, 1.54) is 6.07 Å². The van der Waals surface area contributed by atoms with E-state index in [-0.39, 0.29) is 0 Å². The molecule has 0 amide bonds. The van der Waals surface area contributed by atoms with Crippen molar-refractivity contribution in [1.82, 2.24) is 15.1 Å². The number of nitrogens with one attached hydrogen (secondary N) is 1. The van der Waals surface area contributed by atoms with Gasteiger partial charge in [0.05, 0.1) is 29.6 Å². The summed E-state index contributed by atoms with van der Waals surface area (Å²) in [7, 11) is 0. The first-order chi connectivity index (χ1) is 9.20. The molecule has 1 aliphatic heterocycles. The second-order valence-electron chi connectivity index (χ2n) is 4.63. The lowest BCUT2D eigenvalue weighted by Gasteiger charge is -2.14. The molecule has 0 saturated heterocycles. The molecule has 2 heterocycles. The maximum atomic E-state index is 14.1. The Morgan fingerprint density at radius 1 is 1.47 bits per heavy atom. The average molecular weight is 256 g/mol. The molecule has 19 heavy (non-hydrogen) atoms. The fraction of sp³-hybridized carbons (Fsp3) is 0.286. The van der Waals surface area contributed by atoms with E-state index in [9.17, 15) is 4.39 Å². The van der Waals surface area contributed by atoms with Crippen molar-refractivity contribution in [1.29, 1.82) is 5.26 Å². The zero-order chi connectivity index (χ0) is 13.4. The number of fused-ring (bicyclic) bond motifs is 1. The van der Waals surface area contributed by atoms with Gasteiger partial charge >= 0.3 is 0 Å². The Morgan fingerprint density at radius 2 is 2.32 bits per heavy atom. The van der Waals surface area contributed by atoms with Crippen molar-refractivity contribution in [3.63, 3.8) is 0 Å². The molecule has 0 bridgehead atoms. The van der Waals surface area contributed by atoms with Gasteiger partial charge in [-0.15, -0.1) is 0 Å². The summed E-state index contributed by atoms with van der Waals surface area (Å²) in [6, 6.07) is 6.44. The van der Waals surface area contributed by atoms with Gasteiger partial charge in [0.2, 0.25) is 0 Å². The lowest BCUT2D eigenvalue weighted by Crippen LogP contribution is -2.28. The van der Waals surface area contributed by atoms with E-state index in [1.54, 1.807) is 12.1 Å². The monoisotopic (exact) mass is 256 g/mol. The van der Waals surface area contributed by atoms with Gasteiger partial charge in [0.15, 0.2) is 0 Å². The molecular weight excluding hydrogens is 243 g/mol. The third-order valence-corrected chi connectivity index (χ3v) is 3.47. The Labute approximate surface area is 110 Å². The Bertz CT molecular complexity index is 681. The average Bonchev–Trinajstić information content (AvgIpc) is 2.76. The summed E-state index contributed by atoms with van der Waals surface area (Å²) in [6.45, 7) is 4.40. The molecule has 4 nitrogen and oxygen atoms in total. The number of rotatable bonds is 1. The number of nitriles is 1. The van der Waals surface area contributed by atoms with Crippen molar-refractivity contribution in [2.24, 2.45) is 0 Å². The summed E-state index contributed by atoms with van der Waals surface area (Å²) in [5.74, 6) is -0.398. The van der Waals surface area contributed by atoms with E-state index in [1.807, 2.05) is 17.7 Å². The van der Waals surface area contributed by atoms with Gasteiger partial charge in [-0.1, -0.05) is 0 Å². The largest absolute Gasteiger partial charge is 0.309 e. The maximum Gasteiger partial charge on any atom is 0.133 e. The second-order valence-corrected chi connectivity index (χ2v) is 4.63. The molecule has 96 valence electrons. The van der Waals surface area contributed by atoms with Crippen LogP contribution in [-0.4, -0.2) is 16.3 Å². The van der Waals surface area contributed by atoms with Gasteiger partial charge in [-0.25, -0.2) is 4.39 Å². The van der Waals surface area contributed by atoms with E-state index >= 15 is 0 Å². The molecule has 0 radical (unpaired) electrons. The molecule has 0 unspecified atom stereocenters. The molecule has 1 aromatic heterocycles. The Hall–Kier alpha value is -2.19. The van der Waals surface area contributed by atoms with Crippen molar-refractivity contribution in [3.05, 3.63) is 40.8 Å². The molecule has 0 atom stereocenters. The maximum absolute atomic E-state index is 14.1. The molecule has 3 rings (SSSR count). The van der Waals surface area contributed by atoms with Gasteiger partial charge < -0.3 is 5.32 Å². The predicted octanol–water partition coefficient (Wildman–Crippen LogP) is 1.97. The van der Waals surface area contributed by atoms with Crippen LogP contribution < -0.4 is 5.32 Å². The van der Waals surface area contributed by atoms with Crippen molar-refractivity contribution < 1.29 is 4.39 Å². The third-order valence-electron chi connectivity index (χ3n) is 3.47. The third kappa shape index (κ3) is 1.90. The zero-order valence-corrected chi connectivity index (χ0v) is 10.6. The number of nitrogens with zero attached hydrogens (tertiary/aromatic N) is 3.